The van der Waals surface area contributed by atoms with E-state index in [9.17, 15) is 14.9 Å². The van der Waals surface area contributed by atoms with Crippen LogP contribution in [0.1, 0.15) is 13.8 Å². The van der Waals surface area contributed by atoms with Crippen molar-refractivity contribution in [2.24, 2.45) is 5.92 Å². The van der Waals surface area contributed by atoms with Gasteiger partial charge in [0.2, 0.25) is 5.91 Å². The Kier molecular flexibility index (Phi) is 4.64. The fraction of sp³-hybridized carbons (Fsp3) is 0.600. The molecule has 0 saturated heterocycles. The Bertz CT molecular complexity index is 441. The summed E-state index contributed by atoms with van der Waals surface area (Å²) in [4.78, 5) is 21.6. The SMILES string of the molecule is COc1nn(CC(=O)NCC(C)C)cc1[N+](=O)[O-]. The smallest absolute Gasteiger partial charge is 0.350 e. The van der Waals surface area contributed by atoms with Gasteiger partial charge in [0.1, 0.15) is 12.7 Å². The van der Waals surface area contributed by atoms with Crippen LogP contribution < -0.4 is 10.1 Å². The summed E-state index contributed by atoms with van der Waals surface area (Å²) < 4.78 is 5.95. The molecule has 1 aromatic heterocycles. The molecule has 0 aromatic carbocycles. The first-order chi connectivity index (χ1) is 8.43. The molecule has 0 aliphatic carbocycles. The molecule has 100 valence electrons. The van der Waals surface area contributed by atoms with Gasteiger partial charge in [-0.3, -0.25) is 19.6 Å². The molecule has 18 heavy (non-hydrogen) atoms. The molecule has 0 fully saturated rings. The van der Waals surface area contributed by atoms with Crippen LogP contribution in [0.2, 0.25) is 0 Å². The summed E-state index contributed by atoms with van der Waals surface area (Å²) in [7, 11) is 1.29. The third-order valence-electron chi connectivity index (χ3n) is 2.11. The van der Waals surface area contributed by atoms with Crippen molar-refractivity contribution >= 4 is 11.6 Å². The minimum absolute atomic E-state index is 0.0725. The second-order valence-electron chi connectivity index (χ2n) is 4.18. The van der Waals surface area contributed by atoms with Gasteiger partial charge in [0.25, 0.3) is 0 Å². The molecule has 1 aromatic rings. The van der Waals surface area contributed by atoms with Crippen molar-refractivity contribution in [3.63, 3.8) is 0 Å². The van der Waals surface area contributed by atoms with Gasteiger partial charge >= 0.3 is 11.6 Å². The number of carbonyl (C=O) groups is 1. The normalized spacial score (nSPS) is 10.4. The van der Waals surface area contributed by atoms with Gasteiger partial charge in [-0.05, 0) is 5.92 Å². The number of methoxy groups -OCH3 is 1. The molecule has 0 bridgehead atoms. The molecule has 1 rings (SSSR count). The lowest BCUT2D eigenvalue weighted by molar-refractivity contribution is -0.385. The van der Waals surface area contributed by atoms with E-state index in [1.54, 1.807) is 0 Å². The third kappa shape index (κ3) is 3.72. The van der Waals surface area contributed by atoms with E-state index >= 15 is 0 Å². The molecule has 0 aliphatic heterocycles. The molecule has 1 heterocycles. The van der Waals surface area contributed by atoms with Crippen molar-refractivity contribution in [1.82, 2.24) is 15.1 Å². The first kappa shape index (κ1) is 13.9. The lowest BCUT2D eigenvalue weighted by atomic mass is 10.2. The Morgan fingerprint density at radius 3 is 2.78 bits per heavy atom. The molecule has 0 saturated carbocycles. The highest BCUT2D eigenvalue weighted by Crippen LogP contribution is 2.23. The summed E-state index contributed by atoms with van der Waals surface area (Å²) in [6.45, 7) is 4.43. The minimum Gasteiger partial charge on any atom is -0.475 e. The molecule has 0 aliphatic rings. The van der Waals surface area contributed by atoms with E-state index in [2.05, 4.69) is 10.4 Å². The zero-order valence-corrected chi connectivity index (χ0v) is 10.5. The second-order valence-corrected chi connectivity index (χ2v) is 4.18. The van der Waals surface area contributed by atoms with E-state index in [1.165, 1.54) is 18.0 Å². The summed E-state index contributed by atoms with van der Waals surface area (Å²) in [6.07, 6.45) is 1.17. The van der Waals surface area contributed by atoms with Gasteiger partial charge in [-0.1, -0.05) is 13.8 Å². The van der Waals surface area contributed by atoms with E-state index in [0.29, 0.717) is 12.5 Å². The molecule has 1 N–H and O–H groups in total. The zero-order chi connectivity index (χ0) is 13.7. The average molecular weight is 256 g/mol. The molecule has 0 spiro atoms. The first-order valence-corrected chi connectivity index (χ1v) is 5.46. The van der Waals surface area contributed by atoms with Crippen molar-refractivity contribution in [1.29, 1.82) is 0 Å². The van der Waals surface area contributed by atoms with Crippen LogP contribution in [0.25, 0.3) is 0 Å². The Balaban J connectivity index is 2.67. The van der Waals surface area contributed by atoms with E-state index in [-0.39, 0.29) is 24.0 Å². The maximum Gasteiger partial charge on any atom is 0.350 e. The summed E-state index contributed by atoms with van der Waals surface area (Å²) in [5, 5.41) is 17.2. The fourth-order valence-electron chi connectivity index (χ4n) is 1.27. The average Bonchev–Trinajstić information content (AvgIpc) is 2.69. The number of hydrogen-bond acceptors (Lipinski definition) is 5. The standard InChI is InChI=1S/C10H16N4O4/c1-7(2)4-11-9(15)6-13-5-8(14(16)17)10(12-13)18-3/h5,7H,4,6H2,1-3H3,(H,11,15). The highest BCUT2D eigenvalue weighted by Gasteiger charge is 2.20. The predicted molar refractivity (Wildman–Crippen MR) is 63.3 cm³/mol. The Morgan fingerprint density at radius 2 is 2.33 bits per heavy atom. The number of rotatable bonds is 6. The lowest BCUT2D eigenvalue weighted by Gasteiger charge is -2.06. The number of hydrogen-bond donors (Lipinski definition) is 1. The number of nitro groups is 1. The topological polar surface area (TPSA) is 99.3 Å². The van der Waals surface area contributed by atoms with Crippen molar-refractivity contribution < 1.29 is 14.5 Å². The largest absolute Gasteiger partial charge is 0.475 e. The molecule has 0 unspecified atom stereocenters. The lowest BCUT2D eigenvalue weighted by Crippen LogP contribution is -2.30. The van der Waals surface area contributed by atoms with E-state index in [0.717, 1.165) is 0 Å². The maximum atomic E-state index is 11.5. The van der Waals surface area contributed by atoms with Crippen LogP contribution in [0.4, 0.5) is 5.69 Å². The van der Waals surface area contributed by atoms with Crippen molar-refractivity contribution in [2.75, 3.05) is 13.7 Å². The fourth-order valence-corrected chi connectivity index (χ4v) is 1.27. The number of nitrogens with one attached hydrogen (secondary N) is 1. The quantitative estimate of drug-likeness (QED) is 0.592. The van der Waals surface area contributed by atoms with E-state index in [1.807, 2.05) is 13.8 Å². The van der Waals surface area contributed by atoms with Crippen LogP contribution >= 0.6 is 0 Å². The molecular formula is C10H16N4O4. The summed E-state index contributed by atoms with van der Waals surface area (Å²) in [6, 6.07) is 0. The number of nitrogens with zero attached hydrogens (tertiary/aromatic N) is 3. The van der Waals surface area contributed by atoms with Crippen LogP contribution in [0.5, 0.6) is 5.88 Å². The van der Waals surface area contributed by atoms with Crippen LogP contribution in [0.15, 0.2) is 6.20 Å². The van der Waals surface area contributed by atoms with Crippen LogP contribution in [-0.4, -0.2) is 34.3 Å². The van der Waals surface area contributed by atoms with Gasteiger partial charge in [-0.25, -0.2) is 0 Å². The van der Waals surface area contributed by atoms with Crippen LogP contribution in [0, 0.1) is 16.0 Å². The Labute approximate surface area is 104 Å². The molecule has 0 atom stereocenters. The highest BCUT2D eigenvalue weighted by molar-refractivity contribution is 5.75. The Morgan fingerprint density at radius 1 is 1.67 bits per heavy atom. The summed E-state index contributed by atoms with van der Waals surface area (Å²) >= 11 is 0. The van der Waals surface area contributed by atoms with Gasteiger partial charge in [0.05, 0.1) is 12.0 Å². The zero-order valence-electron chi connectivity index (χ0n) is 10.5. The number of ether oxygens (including phenoxy) is 1. The monoisotopic (exact) mass is 256 g/mol. The summed E-state index contributed by atoms with van der Waals surface area (Å²) in [5.41, 5.74) is -0.255. The number of amides is 1. The van der Waals surface area contributed by atoms with E-state index in [4.69, 9.17) is 4.74 Å². The molecule has 0 radical (unpaired) electrons. The molecule has 8 nitrogen and oxygen atoms in total. The predicted octanol–water partition coefficient (Wildman–Crippen LogP) is 0.572. The first-order valence-electron chi connectivity index (χ1n) is 5.46. The minimum atomic E-state index is -0.603. The van der Waals surface area contributed by atoms with Crippen LogP contribution in [0.3, 0.4) is 0 Å². The summed E-state index contributed by atoms with van der Waals surface area (Å²) in [5.74, 6) is -0.00384. The van der Waals surface area contributed by atoms with E-state index < -0.39 is 4.92 Å². The van der Waals surface area contributed by atoms with Crippen molar-refractivity contribution in [2.45, 2.75) is 20.4 Å². The van der Waals surface area contributed by atoms with Gasteiger partial charge in [0.15, 0.2) is 0 Å². The number of aromatic nitrogens is 2. The number of carbonyl (C=O) groups excluding carboxylic acids is 1. The maximum absolute atomic E-state index is 11.5. The highest BCUT2D eigenvalue weighted by atomic mass is 16.6. The van der Waals surface area contributed by atoms with Crippen molar-refractivity contribution in [3.05, 3.63) is 16.3 Å². The third-order valence-corrected chi connectivity index (χ3v) is 2.11. The van der Waals surface area contributed by atoms with Crippen molar-refractivity contribution in [3.8, 4) is 5.88 Å². The van der Waals surface area contributed by atoms with Gasteiger partial charge in [0, 0.05) is 6.54 Å². The molecule has 1 amide bonds. The van der Waals surface area contributed by atoms with Gasteiger partial charge in [-0.2, -0.15) is 0 Å². The van der Waals surface area contributed by atoms with Crippen LogP contribution in [-0.2, 0) is 11.3 Å². The molecular weight excluding hydrogens is 240 g/mol. The van der Waals surface area contributed by atoms with Gasteiger partial charge < -0.3 is 10.1 Å². The Hall–Kier alpha value is -2.12. The second kappa shape index (κ2) is 5.99. The molecule has 8 heteroatoms. The van der Waals surface area contributed by atoms with Gasteiger partial charge in [-0.15, -0.1) is 5.10 Å².